The average molecular weight is 383 g/mol. The highest BCUT2D eigenvalue weighted by molar-refractivity contribution is 5.91. The van der Waals surface area contributed by atoms with Crippen molar-refractivity contribution in [3.05, 3.63) is 42.0 Å². The van der Waals surface area contributed by atoms with Crippen molar-refractivity contribution in [1.82, 2.24) is 10.2 Å². The number of hydrogen-bond acceptors (Lipinski definition) is 3. The predicted octanol–water partition coefficient (Wildman–Crippen LogP) is 4.44. The Morgan fingerprint density at radius 2 is 1.68 bits per heavy atom. The van der Waals surface area contributed by atoms with Crippen LogP contribution in [0.25, 0.3) is 10.8 Å². The summed E-state index contributed by atoms with van der Waals surface area (Å²) in [5.41, 5.74) is 1.49. The van der Waals surface area contributed by atoms with E-state index in [-0.39, 0.29) is 24.8 Å². The molecule has 0 spiro atoms. The summed E-state index contributed by atoms with van der Waals surface area (Å²) >= 11 is 0. The fraction of sp³-hybridized carbons (Fsp3) is 0.500. The molecule has 1 heterocycles. The first kappa shape index (κ1) is 20.3. The highest BCUT2D eigenvalue weighted by Crippen LogP contribution is 2.44. The minimum Gasteiger partial charge on any atom is -0.496 e. The number of nitrogens with one attached hydrogen (secondary N) is 1. The molecule has 1 saturated carbocycles. The number of piperazine rings is 1. The number of rotatable bonds is 4. The van der Waals surface area contributed by atoms with Crippen molar-refractivity contribution >= 4 is 35.6 Å². The molecule has 1 aliphatic carbocycles. The van der Waals surface area contributed by atoms with Crippen LogP contribution < -0.4 is 10.1 Å². The first-order valence-electron chi connectivity index (χ1n) is 8.89. The van der Waals surface area contributed by atoms with Crippen LogP contribution in [-0.4, -0.2) is 38.2 Å². The van der Waals surface area contributed by atoms with Gasteiger partial charge in [-0.3, -0.25) is 4.90 Å². The highest BCUT2D eigenvalue weighted by Gasteiger charge is 2.34. The van der Waals surface area contributed by atoms with E-state index in [1.54, 1.807) is 7.11 Å². The summed E-state index contributed by atoms with van der Waals surface area (Å²) in [5, 5.41) is 6.10. The molecule has 2 aromatic rings. The third-order valence-electron chi connectivity index (χ3n) is 5.60. The molecule has 0 amide bonds. The molecule has 2 aliphatic rings. The monoisotopic (exact) mass is 382 g/mol. The van der Waals surface area contributed by atoms with Crippen LogP contribution in [0.5, 0.6) is 5.75 Å². The number of halogens is 2. The molecule has 1 atom stereocenters. The van der Waals surface area contributed by atoms with Crippen molar-refractivity contribution in [3.63, 3.8) is 0 Å². The summed E-state index contributed by atoms with van der Waals surface area (Å²) in [4.78, 5) is 2.70. The molecule has 0 radical (unpaired) electrons. The lowest BCUT2D eigenvalue weighted by molar-refractivity contribution is 0.0846. The molecular formula is C20H28Cl2N2O. The lowest BCUT2D eigenvalue weighted by Crippen LogP contribution is -2.47. The number of nitrogens with zero attached hydrogens (tertiary/aromatic N) is 1. The molecule has 4 rings (SSSR count). The Kier molecular flexibility index (Phi) is 7.38. The molecule has 5 heteroatoms. The third-order valence-corrected chi connectivity index (χ3v) is 5.60. The molecule has 1 saturated heterocycles. The van der Waals surface area contributed by atoms with E-state index in [2.05, 4.69) is 46.6 Å². The number of benzene rings is 2. The van der Waals surface area contributed by atoms with Crippen LogP contribution in [0.15, 0.2) is 36.4 Å². The third kappa shape index (κ3) is 3.90. The highest BCUT2D eigenvalue weighted by atomic mass is 35.5. The summed E-state index contributed by atoms with van der Waals surface area (Å²) in [5.74, 6) is 1.79. The van der Waals surface area contributed by atoms with Crippen LogP contribution in [0, 0.1) is 5.92 Å². The molecule has 25 heavy (non-hydrogen) atoms. The zero-order valence-corrected chi connectivity index (χ0v) is 16.4. The van der Waals surface area contributed by atoms with E-state index < -0.39 is 0 Å². The van der Waals surface area contributed by atoms with Gasteiger partial charge in [0, 0.05) is 37.6 Å². The molecule has 0 aromatic heterocycles. The van der Waals surface area contributed by atoms with Gasteiger partial charge in [0.05, 0.1) is 7.11 Å². The maximum atomic E-state index is 5.58. The van der Waals surface area contributed by atoms with E-state index in [0.717, 1.165) is 37.8 Å². The van der Waals surface area contributed by atoms with Crippen LogP contribution >= 0.6 is 24.8 Å². The second-order valence-electron chi connectivity index (χ2n) is 6.82. The Morgan fingerprint density at radius 1 is 1.00 bits per heavy atom. The zero-order valence-electron chi connectivity index (χ0n) is 14.7. The number of fused-ring (bicyclic) bond motifs is 1. The SMILES string of the molecule is COc1ccc([C@@H](C2CCC2)N2CCNCC2)c2ccccc12.Cl.Cl. The van der Waals surface area contributed by atoms with Gasteiger partial charge in [-0.25, -0.2) is 0 Å². The van der Waals surface area contributed by atoms with Crippen LogP contribution in [0.2, 0.25) is 0 Å². The molecule has 3 nitrogen and oxygen atoms in total. The van der Waals surface area contributed by atoms with Gasteiger partial charge in [-0.1, -0.05) is 36.8 Å². The normalized spacial score (nSPS) is 19.4. The average Bonchev–Trinajstić information content (AvgIpc) is 2.58. The summed E-state index contributed by atoms with van der Waals surface area (Å²) in [6.45, 7) is 4.53. The maximum absolute atomic E-state index is 5.58. The molecule has 1 N–H and O–H groups in total. The molecular weight excluding hydrogens is 355 g/mol. The van der Waals surface area contributed by atoms with Gasteiger partial charge in [-0.2, -0.15) is 0 Å². The van der Waals surface area contributed by atoms with E-state index in [9.17, 15) is 0 Å². The Labute approximate surface area is 162 Å². The van der Waals surface area contributed by atoms with Crippen molar-refractivity contribution in [2.45, 2.75) is 25.3 Å². The van der Waals surface area contributed by atoms with Crippen molar-refractivity contribution in [2.75, 3.05) is 33.3 Å². The zero-order chi connectivity index (χ0) is 15.6. The second-order valence-corrected chi connectivity index (χ2v) is 6.82. The second kappa shape index (κ2) is 9.09. The van der Waals surface area contributed by atoms with E-state index in [0.29, 0.717) is 6.04 Å². The summed E-state index contributed by atoms with van der Waals surface area (Å²) < 4.78 is 5.58. The summed E-state index contributed by atoms with van der Waals surface area (Å²) in [6, 6.07) is 13.7. The van der Waals surface area contributed by atoms with Crippen LogP contribution in [0.4, 0.5) is 0 Å². The minimum atomic E-state index is 0. The van der Waals surface area contributed by atoms with Crippen LogP contribution in [0.3, 0.4) is 0 Å². The van der Waals surface area contributed by atoms with Gasteiger partial charge < -0.3 is 10.1 Å². The minimum absolute atomic E-state index is 0. The molecule has 2 aromatic carbocycles. The van der Waals surface area contributed by atoms with Crippen molar-refractivity contribution < 1.29 is 4.74 Å². The molecule has 2 fully saturated rings. The molecule has 138 valence electrons. The van der Waals surface area contributed by atoms with E-state index in [1.165, 1.54) is 35.6 Å². The van der Waals surface area contributed by atoms with Crippen molar-refractivity contribution in [2.24, 2.45) is 5.92 Å². The van der Waals surface area contributed by atoms with Gasteiger partial charge in [-0.05, 0) is 35.8 Å². The van der Waals surface area contributed by atoms with Gasteiger partial charge in [0.25, 0.3) is 0 Å². The van der Waals surface area contributed by atoms with Crippen LogP contribution in [-0.2, 0) is 0 Å². The van der Waals surface area contributed by atoms with Gasteiger partial charge in [0.2, 0.25) is 0 Å². The molecule has 0 unspecified atom stereocenters. The Balaban J connectivity index is 0.00000113. The Morgan fingerprint density at radius 3 is 2.28 bits per heavy atom. The molecule has 1 aliphatic heterocycles. The largest absolute Gasteiger partial charge is 0.496 e. The number of hydrogen-bond donors (Lipinski definition) is 1. The van der Waals surface area contributed by atoms with E-state index in [4.69, 9.17) is 4.74 Å². The summed E-state index contributed by atoms with van der Waals surface area (Å²) in [6.07, 6.45) is 4.13. The van der Waals surface area contributed by atoms with Gasteiger partial charge in [0.15, 0.2) is 0 Å². The maximum Gasteiger partial charge on any atom is 0.126 e. The number of ether oxygens (including phenoxy) is 1. The first-order valence-corrected chi connectivity index (χ1v) is 8.89. The standard InChI is InChI=1S/C20H26N2O.2ClH/c1-23-19-10-9-18(16-7-2-3-8-17(16)19)20(15-5-4-6-15)22-13-11-21-12-14-22;;/h2-3,7-10,15,20-21H,4-6,11-14H2,1H3;2*1H/t20-;;/m1../s1. The van der Waals surface area contributed by atoms with E-state index >= 15 is 0 Å². The van der Waals surface area contributed by atoms with Crippen molar-refractivity contribution in [1.29, 1.82) is 0 Å². The summed E-state index contributed by atoms with van der Waals surface area (Å²) in [7, 11) is 1.77. The fourth-order valence-electron chi connectivity index (χ4n) is 4.20. The topological polar surface area (TPSA) is 24.5 Å². The van der Waals surface area contributed by atoms with Gasteiger partial charge in [0.1, 0.15) is 5.75 Å². The smallest absolute Gasteiger partial charge is 0.126 e. The van der Waals surface area contributed by atoms with Crippen molar-refractivity contribution in [3.8, 4) is 5.75 Å². The van der Waals surface area contributed by atoms with E-state index in [1.807, 2.05) is 0 Å². The fourth-order valence-corrected chi connectivity index (χ4v) is 4.20. The van der Waals surface area contributed by atoms with Crippen LogP contribution in [0.1, 0.15) is 30.9 Å². The number of methoxy groups -OCH3 is 1. The Bertz CT molecular complexity index is 684. The first-order chi connectivity index (χ1) is 11.4. The predicted molar refractivity (Wildman–Crippen MR) is 110 cm³/mol. The van der Waals surface area contributed by atoms with Gasteiger partial charge >= 0.3 is 0 Å². The lowest BCUT2D eigenvalue weighted by Gasteiger charge is -2.43. The quantitative estimate of drug-likeness (QED) is 0.845. The Hall–Kier alpha value is -1.000. The lowest BCUT2D eigenvalue weighted by atomic mass is 9.75. The van der Waals surface area contributed by atoms with Gasteiger partial charge in [-0.15, -0.1) is 24.8 Å². The molecule has 0 bridgehead atoms.